The summed E-state index contributed by atoms with van der Waals surface area (Å²) in [5, 5.41) is 10.3. The first-order valence-electron chi connectivity index (χ1n) is 7.44. The fraction of sp³-hybridized carbons (Fsp3) is 0.400. The average molecular weight is 317 g/mol. The highest BCUT2D eigenvalue weighted by atomic mass is 16.6. The van der Waals surface area contributed by atoms with Crippen LogP contribution in [0, 0.1) is 0 Å². The summed E-state index contributed by atoms with van der Waals surface area (Å²) in [5.41, 5.74) is 0. The molecule has 1 aromatic carbocycles. The van der Waals surface area contributed by atoms with Gasteiger partial charge in [-0.2, -0.15) is 0 Å². The van der Waals surface area contributed by atoms with Crippen LogP contribution in [0.25, 0.3) is 0 Å². The van der Waals surface area contributed by atoms with Gasteiger partial charge >= 0.3 is 6.01 Å². The molecule has 2 aliphatic heterocycles. The van der Waals surface area contributed by atoms with Gasteiger partial charge in [0.15, 0.2) is 11.5 Å². The number of benzene rings is 1. The molecule has 3 heterocycles. The highest BCUT2D eigenvalue weighted by molar-refractivity contribution is 5.92. The summed E-state index contributed by atoms with van der Waals surface area (Å²) in [6.07, 6.45) is 0.838. The lowest BCUT2D eigenvalue weighted by molar-refractivity contribution is -0.125. The third kappa shape index (κ3) is 2.85. The summed E-state index contributed by atoms with van der Waals surface area (Å²) in [7, 11) is 0. The molecular weight excluding hydrogens is 302 g/mol. The normalized spacial score (nSPS) is 22.8. The summed E-state index contributed by atoms with van der Waals surface area (Å²) in [4.78, 5) is 12.2. The monoisotopic (exact) mass is 317 g/mol. The van der Waals surface area contributed by atoms with Crippen molar-refractivity contribution >= 4 is 11.9 Å². The molecular formula is C15H15N3O5. The molecule has 0 bridgehead atoms. The number of hydrogen-bond donors (Lipinski definition) is 1. The van der Waals surface area contributed by atoms with Crippen molar-refractivity contribution in [1.82, 2.24) is 10.2 Å². The third-order valence-corrected chi connectivity index (χ3v) is 3.68. The molecule has 120 valence electrons. The zero-order valence-corrected chi connectivity index (χ0v) is 12.2. The summed E-state index contributed by atoms with van der Waals surface area (Å²) in [5.74, 6) is 1.13. The van der Waals surface area contributed by atoms with Crippen LogP contribution in [0.3, 0.4) is 0 Å². The molecule has 0 radical (unpaired) electrons. The van der Waals surface area contributed by atoms with Gasteiger partial charge in [0.05, 0.1) is 0 Å². The maximum absolute atomic E-state index is 12.2. The van der Waals surface area contributed by atoms with Crippen molar-refractivity contribution in [2.45, 2.75) is 25.0 Å². The largest absolute Gasteiger partial charge is 0.485 e. The predicted molar refractivity (Wildman–Crippen MR) is 77.2 cm³/mol. The van der Waals surface area contributed by atoms with Gasteiger partial charge in [-0.1, -0.05) is 17.2 Å². The van der Waals surface area contributed by atoms with Crippen LogP contribution >= 0.6 is 0 Å². The van der Waals surface area contributed by atoms with Gasteiger partial charge in [-0.15, -0.1) is 5.10 Å². The molecule has 1 amide bonds. The topological polar surface area (TPSA) is 95.7 Å². The van der Waals surface area contributed by atoms with E-state index in [1.54, 1.807) is 12.1 Å². The van der Waals surface area contributed by atoms with Gasteiger partial charge in [-0.25, -0.2) is 0 Å². The van der Waals surface area contributed by atoms with Crippen molar-refractivity contribution in [3.8, 4) is 11.5 Å². The van der Waals surface area contributed by atoms with E-state index in [1.165, 1.54) is 0 Å². The van der Waals surface area contributed by atoms with E-state index in [4.69, 9.17) is 18.6 Å². The first-order valence-corrected chi connectivity index (χ1v) is 7.44. The van der Waals surface area contributed by atoms with Crippen molar-refractivity contribution in [3.63, 3.8) is 0 Å². The van der Waals surface area contributed by atoms with Crippen LogP contribution in [0.4, 0.5) is 6.01 Å². The number of fused-ring (bicyclic) bond motifs is 1. The first kappa shape index (κ1) is 14.0. The number of hydrogen-bond acceptors (Lipinski definition) is 7. The van der Waals surface area contributed by atoms with Gasteiger partial charge in [0, 0.05) is 6.61 Å². The minimum atomic E-state index is -0.775. The molecule has 2 atom stereocenters. The Morgan fingerprint density at radius 3 is 2.91 bits per heavy atom. The molecule has 1 N–H and O–H groups in total. The second-order valence-electron chi connectivity index (χ2n) is 5.30. The van der Waals surface area contributed by atoms with Gasteiger partial charge in [0.1, 0.15) is 12.7 Å². The fourth-order valence-electron chi connectivity index (χ4n) is 2.52. The number of aromatic nitrogens is 2. The van der Waals surface area contributed by atoms with Crippen LogP contribution in [0.15, 0.2) is 28.7 Å². The molecule has 0 unspecified atom stereocenters. The van der Waals surface area contributed by atoms with Crippen molar-refractivity contribution in [3.05, 3.63) is 30.2 Å². The Morgan fingerprint density at radius 2 is 2.09 bits per heavy atom. The van der Waals surface area contributed by atoms with Crippen molar-refractivity contribution in [1.29, 1.82) is 0 Å². The van der Waals surface area contributed by atoms with Gasteiger partial charge in [0.2, 0.25) is 12.0 Å². The number of rotatable bonds is 3. The van der Waals surface area contributed by atoms with Crippen LogP contribution in [-0.2, 0) is 9.53 Å². The lowest BCUT2D eigenvalue weighted by atomic mass is 10.2. The maximum atomic E-state index is 12.2. The second kappa shape index (κ2) is 5.88. The van der Waals surface area contributed by atoms with E-state index in [2.05, 4.69) is 15.5 Å². The minimum absolute atomic E-state index is 0.0305. The molecule has 1 saturated heterocycles. The molecule has 8 heteroatoms. The van der Waals surface area contributed by atoms with Crippen LogP contribution in [0.2, 0.25) is 0 Å². The Morgan fingerprint density at radius 1 is 1.22 bits per heavy atom. The minimum Gasteiger partial charge on any atom is -0.485 e. The number of anilines is 1. The van der Waals surface area contributed by atoms with E-state index in [9.17, 15) is 4.79 Å². The maximum Gasteiger partial charge on any atom is 0.322 e. The number of nitrogens with one attached hydrogen (secondary N) is 1. The number of carbonyl (C=O) groups is 1. The van der Waals surface area contributed by atoms with Crippen LogP contribution in [0.5, 0.6) is 11.5 Å². The Hall–Kier alpha value is -2.61. The van der Waals surface area contributed by atoms with Crippen LogP contribution in [-0.4, -0.2) is 35.4 Å². The van der Waals surface area contributed by atoms with E-state index >= 15 is 0 Å². The zero-order chi connectivity index (χ0) is 15.6. The van der Waals surface area contributed by atoms with Crippen LogP contribution < -0.4 is 14.8 Å². The molecule has 0 aliphatic carbocycles. The molecule has 1 fully saturated rings. The molecule has 2 aromatic rings. The van der Waals surface area contributed by atoms with Crippen molar-refractivity contribution < 1.29 is 23.4 Å². The van der Waals surface area contributed by atoms with Gasteiger partial charge in [-0.05, 0) is 25.0 Å². The molecule has 23 heavy (non-hydrogen) atoms. The summed E-state index contributed by atoms with van der Waals surface area (Å²) >= 11 is 0. The van der Waals surface area contributed by atoms with E-state index in [1.807, 2.05) is 12.1 Å². The molecule has 2 aliphatic rings. The Kier molecular flexibility index (Phi) is 3.58. The van der Waals surface area contributed by atoms with Crippen LogP contribution in [0.1, 0.15) is 24.8 Å². The highest BCUT2D eigenvalue weighted by Gasteiger charge is 2.29. The molecule has 4 rings (SSSR count). The number of carbonyl (C=O) groups excluding carboxylic acids is 1. The number of amides is 1. The van der Waals surface area contributed by atoms with Crippen molar-refractivity contribution in [2.75, 3.05) is 18.5 Å². The lowest BCUT2D eigenvalue weighted by Crippen LogP contribution is -2.40. The van der Waals surface area contributed by atoms with E-state index in [0.29, 0.717) is 24.0 Å². The van der Waals surface area contributed by atoms with Crippen molar-refractivity contribution in [2.24, 2.45) is 0 Å². The molecule has 0 spiro atoms. The fourth-order valence-corrected chi connectivity index (χ4v) is 2.52. The zero-order valence-electron chi connectivity index (χ0n) is 12.2. The average Bonchev–Trinajstić information content (AvgIpc) is 3.25. The van der Waals surface area contributed by atoms with E-state index in [0.717, 1.165) is 12.8 Å². The number of ether oxygens (including phenoxy) is 3. The van der Waals surface area contributed by atoms with E-state index in [-0.39, 0.29) is 18.7 Å². The third-order valence-electron chi connectivity index (χ3n) is 3.68. The van der Waals surface area contributed by atoms with E-state index < -0.39 is 12.0 Å². The Balaban J connectivity index is 1.40. The standard InChI is InChI=1S/C15H15N3O5/c19-13(12-8-21-9-4-1-2-5-10(9)22-12)16-15-18-17-14(23-15)11-6-3-7-20-11/h1-2,4-5,11-12H,3,6-8H2,(H,16,18,19)/t11-,12+/m1/s1. The predicted octanol–water partition coefficient (Wildman–Crippen LogP) is 1.70. The summed E-state index contributed by atoms with van der Waals surface area (Å²) < 4.78 is 22.0. The lowest BCUT2D eigenvalue weighted by Gasteiger charge is -2.24. The second-order valence-corrected chi connectivity index (χ2v) is 5.30. The number of nitrogens with zero attached hydrogens (tertiary/aromatic N) is 2. The summed E-state index contributed by atoms with van der Waals surface area (Å²) in [6, 6.07) is 7.22. The quantitative estimate of drug-likeness (QED) is 0.920. The summed E-state index contributed by atoms with van der Waals surface area (Å²) in [6.45, 7) is 0.803. The SMILES string of the molecule is O=C(Nc1nnc([C@H]2CCCO2)o1)[C@@H]1COc2ccccc2O1. The van der Waals surface area contributed by atoms with Gasteiger partial charge < -0.3 is 18.6 Å². The molecule has 1 aromatic heterocycles. The smallest absolute Gasteiger partial charge is 0.322 e. The van der Waals surface area contributed by atoms with Gasteiger partial charge in [-0.3, -0.25) is 10.1 Å². The Bertz CT molecular complexity index is 711. The first-order chi connectivity index (χ1) is 11.3. The molecule has 0 saturated carbocycles. The van der Waals surface area contributed by atoms with Gasteiger partial charge in [0.25, 0.3) is 5.91 Å². The molecule has 8 nitrogen and oxygen atoms in total. The highest BCUT2D eigenvalue weighted by Crippen LogP contribution is 2.31. The Labute approximate surface area is 131 Å². The number of para-hydroxylation sites is 2.